The minimum absolute atomic E-state index is 0.0283. The summed E-state index contributed by atoms with van der Waals surface area (Å²) < 4.78 is 15.7. The van der Waals surface area contributed by atoms with Crippen LogP contribution in [-0.4, -0.2) is 42.4 Å². The Morgan fingerprint density at radius 1 is 1.16 bits per heavy atom. The van der Waals surface area contributed by atoms with Crippen LogP contribution in [0.5, 0.6) is 0 Å². The molecule has 0 radical (unpaired) electrons. The van der Waals surface area contributed by atoms with Crippen LogP contribution in [0.2, 0.25) is 0 Å². The number of hydrogen-bond donors (Lipinski definition) is 2. The Balaban J connectivity index is 2.09. The molecule has 174 valence electrons. The number of fused-ring (bicyclic) bond motifs is 1. The lowest BCUT2D eigenvalue weighted by Crippen LogP contribution is -2.43. The van der Waals surface area contributed by atoms with Crippen LogP contribution in [0.4, 0.5) is 4.79 Å². The van der Waals surface area contributed by atoms with E-state index in [1.54, 1.807) is 18.2 Å². The van der Waals surface area contributed by atoms with Crippen LogP contribution in [0.1, 0.15) is 45.4 Å². The summed E-state index contributed by atoms with van der Waals surface area (Å²) in [4.78, 5) is 46.9. The standard InChI is InChI=1S/C23H29NO8/c1-14(25)30-9-5-6-16-12-19(26)17-10-15(7-8-20(17)32-16)11-18(21(27)28)24-22(29)31-13-23(2,3)4/h7-8,10,12,18H,5-6,9,11,13H2,1-4H3,(H,24,29)(H,27,28)/t18-/m0/s1. The maximum atomic E-state index is 12.5. The van der Waals surface area contributed by atoms with Gasteiger partial charge in [-0.05, 0) is 29.5 Å². The number of aliphatic carboxylic acids is 1. The number of ether oxygens (including phenoxy) is 2. The summed E-state index contributed by atoms with van der Waals surface area (Å²) in [6.07, 6.45) is 0.108. The van der Waals surface area contributed by atoms with Gasteiger partial charge in [0.25, 0.3) is 0 Å². The molecule has 0 spiro atoms. The molecule has 1 aromatic heterocycles. The van der Waals surface area contributed by atoms with Crippen LogP contribution in [-0.2, 0) is 31.9 Å². The number of amides is 1. The molecule has 0 saturated heterocycles. The number of hydrogen-bond acceptors (Lipinski definition) is 7. The van der Waals surface area contributed by atoms with Gasteiger partial charge in [-0.1, -0.05) is 26.8 Å². The van der Waals surface area contributed by atoms with Crippen molar-refractivity contribution in [1.29, 1.82) is 0 Å². The topological polar surface area (TPSA) is 132 Å². The SMILES string of the molecule is CC(=O)OCCCc1cc(=O)c2cc(C[C@H](NC(=O)OCC(C)(C)C)C(=O)O)ccc2o1. The molecule has 0 unspecified atom stereocenters. The molecule has 1 heterocycles. The van der Waals surface area contributed by atoms with Gasteiger partial charge in [0.05, 0.1) is 18.6 Å². The van der Waals surface area contributed by atoms with E-state index in [1.165, 1.54) is 13.0 Å². The van der Waals surface area contributed by atoms with Gasteiger partial charge in [-0.2, -0.15) is 0 Å². The zero-order valence-corrected chi connectivity index (χ0v) is 18.7. The van der Waals surface area contributed by atoms with Crippen LogP contribution in [0.15, 0.2) is 33.5 Å². The maximum Gasteiger partial charge on any atom is 0.407 e. The summed E-state index contributed by atoms with van der Waals surface area (Å²) in [6, 6.07) is 4.95. The van der Waals surface area contributed by atoms with Crippen LogP contribution >= 0.6 is 0 Å². The van der Waals surface area contributed by atoms with Gasteiger partial charge in [0, 0.05) is 25.8 Å². The number of carbonyl (C=O) groups excluding carboxylic acids is 2. The van der Waals surface area contributed by atoms with Gasteiger partial charge in [0.15, 0.2) is 5.43 Å². The van der Waals surface area contributed by atoms with Crippen LogP contribution in [0.25, 0.3) is 11.0 Å². The normalized spacial score (nSPS) is 12.2. The molecular weight excluding hydrogens is 418 g/mol. The molecule has 0 aliphatic heterocycles. The molecule has 1 atom stereocenters. The van der Waals surface area contributed by atoms with Crippen LogP contribution in [0, 0.1) is 5.41 Å². The Kier molecular flexibility index (Phi) is 8.40. The lowest BCUT2D eigenvalue weighted by atomic mass is 9.99. The van der Waals surface area contributed by atoms with E-state index in [0.717, 1.165) is 0 Å². The van der Waals surface area contributed by atoms with Gasteiger partial charge in [0.1, 0.15) is 17.4 Å². The molecule has 0 bridgehead atoms. The summed E-state index contributed by atoms with van der Waals surface area (Å²) in [5, 5.41) is 12.1. The molecular formula is C23H29NO8. The van der Waals surface area contributed by atoms with E-state index >= 15 is 0 Å². The Labute approximate surface area is 185 Å². The quantitative estimate of drug-likeness (QED) is 0.443. The number of alkyl carbamates (subject to hydrolysis) is 1. The zero-order valence-electron chi connectivity index (χ0n) is 18.7. The van der Waals surface area contributed by atoms with Gasteiger partial charge in [0.2, 0.25) is 0 Å². The lowest BCUT2D eigenvalue weighted by molar-refractivity contribution is -0.141. The summed E-state index contributed by atoms with van der Waals surface area (Å²) in [6.45, 7) is 7.37. The van der Waals surface area contributed by atoms with E-state index in [4.69, 9.17) is 13.9 Å². The largest absolute Gasteiger partial charge is 0.480 e. The number of nitrogens with one attached hydrogen (secondary N) is 1. The van der Waals surface area contributed by atoms with Crippen molar-refractivity contribution in [3.05, 3.63) is 45.8 Å². The summed E-state index contributed by atoms with van der Waals surface area (Å²) in [7, 11) is 0. The second-order valence-corrected chi connectivity index (χ2v) is 8.73. The average molecular weight is 447 g/mol. The zero-order chi connectivity index (χ0) is 23.9. The highest BCUT2D eigenvalue weighted by atomic mass is 16.5. The third-order valence-electron chi connectivity index (χ3n) is 4.38. The molecule has 9 nitrogen and oxygen atoms in total. The lowest BCUT2D eigenvalue weighted by Gasteiger charge is -2.20. The van der Waals surface area contributed by atoms with Crippen LogP contribution < -0.4 is 10.7 Å². The summed E-state index contributed by atoms with van der Waals surface area (Å²) in [5.74, 6) is -1.11. The Morgan fingerprint density at radius 3 is 2.50 bits per heavy atom. The van der Waals surface area contributed by atoms with Gasteiger partial charge in [-0.15, -0.1) is 0 Å². The van der Waals surface area contributed by atoms with Crippen molar-refractivity contribution in [3.8, 4) is 0 Å². The molecule has 32 heavy (non-hydrogen) atoms. The van der Waals surface area contributed by atoms with E-state index < -0.39 is 18.1 Å². The Morgan fingerprint density at radius 2 is 1.88 bits per heavy atom. The number of aryl methyl sites for hydroxylation is 1. The number of carboxylic acids is 1. The van der Waals surface area contributed by atoms with Crippen molar-refractivity contribution < 1.29 is 33.4 Å². The highest BCUT2D eigenvalue weighted by Crippen LogP contribution is 2.17. The monoisotopic (exact) mass is 447 g/mol. The Bertz CT molecular complexity index is 1030. The minimum Gasteiger partial charge on any atom is -0.480 e. The van der Waals surface area contributed by atoms with Crippen molar-refractivity contribution >= 4 is 29.0 Å². The molecule has 0 saturated carbocycles. The van der Waals surface area contributed by atoms with E-state index in [1.807, 2.05) is 20.8 Å². The average Bonchev–Trinajstić information content (AvgIpc) is 2.69. The summed E-state index contributed by atoms with van der Waals surface area (Å²) >= 11 is 0. The molecule has 0 aliphatic rings. The highest BCUT2D eigenvalue weighted by molar-refractivity contribution is 5.81. The second kappa shape index (κ2) is 10.8. The summed E-state index contributed by atoms with van der Waals surface area (Å²) in [5.41, 5.74) is 0.408. The first-order valence-corrected chi connectivity index (χ1v) is 10.3. The number of benzene rings is 1. The second-order valence-electron chi connectivity index (χ2n) is 8.73. The smallest absolute Gasteiger partial charge is 0.407 e. The van der Waals surface area contributed by atoms with Crippen molar-refractivity contribution in [1.82, 2.24) is 5.32 Å². The number of carboxylic acid groups (broad SMARTS) is 1. The molecule has 1 aromatic carbocycles. The van der Waals surface area contributed by atoms with Gasteiger partial charge < -0.3 is 24.3 Å². The molecule has 9 heteroatoms. The molecule has 2 N–H and O–H groups in total. The fourth-order valence-corrected chi connectivity index (χ4v) is 2.87. The first kappa shape index (κ1) is 24.9. The fourth-order valence-electron chi connectivity index (χ4n) is 2.87. The van der Waals surface area contributed by atoms with Crippen molar-refractivity contribution in [2.75, 3.05) is 13.2 Å². The maximum absolute atomic E-state index is 12.5. The molecule has 1 amide bonds. The Hall–Kier alpha value is -3.36. The molecule has 2 rings (SSSR count). The van der Waals surface area contributed by atoms with Crippen molar-refractivity contribution in [2.24, 2.45) is 5.41 Å². The molecule has 2 aromatic rings. The van der Waals surface area contributed by atoms with E-state index in [-0.39, 0.29) is 36.4 Å². The van der Waals surface area contributed by atoms with Crippen molar-refractivity contribution in [2.45, 2.75) is 53.0 Å². The van der Waals surface area contributed by atoms with Gasteiger partial charge in [-0.25, -0.2) is 9.59 Å². The van der Waals surface area contributed by atoms with Gasteiger partial charge >= 0.3 is 18.0 Å². The van der Waals surface area contributed by atoms with Crippen molar-refractivity contribution in [3.63, 3.8) is 0 Å². The van der Waals surface area contributed by atoms with E-state index in [2.05, 4.69) is 5.32 Å². The van der Waals surface area contributed by atoms with Crippen LogP contribution in [0.3, 0.4) is 0 Å². The highest BCUT2D eigenvalue weighted by Gasteiger charge is 2.23. The third-order valence-corrected chi connectivity index (χ3v) is 4.38. The predicted octanol–water partition coefficient (Wildman–Crippen LogP) is 3.06. The molecule has 0 aliphatic carbocycles. The first-order valence-electron chi connectivity index (χ1n) is 10.3. The van der Waals surface area contributed by atoms with E-state index in [9.17, 15) is 24.3 Å². The number of rotatable bonds is 9. The number of carbonyl (C=O) groups is 3. The third kappa shape index (κ3) is 8.05. The first-order chi connectivity index (χ1) is 14.9. The van der Waals surface area contributed by atoms with E-state index in [0.29, 0.717) is 35.1 Å². The minimum atomic E-state index is -1.22. The fraction of sp³-hybridized carbons (Fsp3) is 0.478. The predicted molar refractivity (Wildman–Crippen MR) is 117 cm³/mol. The molecule has 0 fully saturated rings. The number of esters is 1. The van der Waals surface area contributed by atoms with Gasteiger partial charge in [-0.3, -0.25) is 9.59 Å².